The van der Waals surface area contributed by atoms with Crippen molar-refractivity contribution in [1.29, 1.82) is 0 Å². The van der Waals surface area contributed by atoms with Crippen molar-refractivity contribution >= 4 is 11.8 Å². The molecule has 2 aromatic heterocycles. The van der Waals surface area contributed by atoms with E-state index in [9.17, 15) is 9.59 Å². The highest BCUT2D eigenvalue weighted by Gasteiger charge is 2.35. The number of nitrogens with one attached hydrogen (secondary N) is 1. The van der Waals surface area contributed by atoms with Crippen LogP contribution in [0.25, 0.3) is 0 Å². The van der Waals surface area contributed by atoms with Gasteiger partial charge >= 0.3 is 0 Å². The molecule has 2 fully saturated rings. The molecule has 1 unspecified atom stereocenters. The highest BCUT2D eigenvalue weighted by atomic mass is 16.5. The number of amides is 2. The molecule has 0 radical (unpaired) electrons. The third kappa shape index (κ3) is 3.29. The third-order valence-electron chi connectivity index (χ3n) is 4.80. The number of hydrogen-bond acceptors (Lipinski definition) is 5. The van der Waals surface area contributed by atoms with E-state index in [0.717, 1.165) is 25.0 Å². The largest absolute Gasteiger partial charge is 0.488 e. The van der Waals surface area contributed by atoms with Crippen LogP contribution in [-0.4, -0.2) is 47.9 Å². The van der Waals surface area contributed by atoms with E-state index in [1.54, 1.807) is 37.7 Å². The molecule has 7 nitrogen and oxygen atoms in total. The van der Waals surface area contributed by atoms with Crippen LogP contribution in [0.3, 0.4) is 0 Å². The first-order valence-electron chi connectivity index (χ1n) is 8.87. The molecule has 2 amide bonds. The standard InChI is InChI=1S/C19H21N3O4/c1-20-18(23)16-10-13(4-7-21-16)26-14-5-8-22(11-14)19(24)15-6-9-25-17(15)12-2-3-12/h4,6-7,9-10,12,14H,2-3,5,8,11H2,1H3,(H,20,23). The minimum absolute atomic E-state index is 0.00697. The molecule has 1 saturated carbocycles. The van der Waals surface area contributed by atoms with Gasteiger partial charge in [-0.2, -0.15) is 0 Å². The molecule has 26 heavy (non-hydrogen) atoms. The van der Waals surface area contributed by atoms with Crippen molar-refractivity contribution in [2.24, 2.45) is 0 Å². The zero-order chi connectivity index (χ0) is 18.1. The van der Waals surface area contributed by atoms with Crippen LogP contribution in [-0.2, 0) is 0 Å². The first kappa shape index (κ1) is 16.6. The molecule has 4 rings (SSSR count). The maximum absolute atomic E-state index is 12.8. The van der Waals surface area contributed by atoms with Gasteiger partial charge in [0.15, 0.2) is 0 Å². The van der Waals surface area contributed by atoms with Crippen molar-refractivity contribution in [3.8, 4) is 5.75 Å². The summed E-state index contributed by atoms with van der Waals surface area (Å²) in [6.45, 7) is 1.16. The summed E-state index contributed by atoms with van der Waals surface area (Å²) in [5.41, 5.74) is 0.988. The van der Waals surface area contributed by atoms with E-state index >= 15 is 0 Å². The molecular formula is C19H21N3O4. The highest BCUT2D eigenvalue weighted by molar-refractivity contribution is 5.95. The van der Waals surface area contributed by atoms with Crippen molar-refractivity contribution in [2.45, 2.75) is 31.3 Å². The van der Waals surface area contributed by atoms with Crippen molar-refractivity contribution in [2.75, 3.05) is 20.1 Å². The lowest BCUT2D eigenvalue weighted by Gasteiger charge is -2.17. The van der Waals surface area contributed by atoms with Crippen molar-refractivity contribution in [1.82, 2.24) is 15.2 Å². The van der Waals surface area contributed by atoms with Crippen LogP contribution in [0, 0.1) is 0 Å². The van der Waals surface area contributed by atoms with Gasteiger partial charge in [-0.25, -0.2) is 0 Å². The molecule has 0 aromatic carbocycles. The zero-order valence-corrected chi connectivity index (χ0v) is 14.6. The Morgan fingerprint density at radius 1 is 1.31 bits per heavy atom. The predicted octanol–water partition coefficient (Wildman–Crippen LogP) is 2.21. The number of hydrogen-bond donors (Lipinski definition) is 1. The topological polar surface area (TPSA) is 84.7 Å². The van der Waals surface area contributed by atoms with Crippen LogP contribution in [0.2, 0.25) is 0 Å². The van der Waals surface area contributed by atoms with E-state index < -0.39 is 0 Å². The van der Waals surface area contributed by atoms with Gasteiger partial charge < -0.3 is 19.4 Å². The average Bonchev–Trinajstić information content (AvgIpc) is 3.20. The molecule has 1 atom stereocenters. The number of ether oxygens (including phenoxy) is 1. The predicted molar refractivity (Wildman–Crippen MR) is 93.2 cm³/mol. The summed E-state index contributed by atoms with van der Waals surface area (Å²) in [5.74, 6) is 1.56. The van der Waals surface area contributed by atoms with E-state index in [2.05, 4.69) is 10.3 Å². The van der Waals surface area contributed by atoms with Crippen LogP contribution in [0.1, 0.15) is 51.8 Å². The average molecular weight is 355 g/mol. The summed E-state index contributed by atoms with van der Waals surface area (Å²) < 4.78 is 11.5. The van der Waals surface area contributed by atoms with Gasteiger partial charge in [0, 0.05) is 38.2 Å². The molecular weight excluding hydrogens is 334 g/mol. The van der Waals surface area contributed by atoms with Gasteiger partial charge in [0.05, 0.1) is 18.4 Å². The number of furan rings is 1. The molecule has 3 heterocycles. The highest BCUT2D eigenvalue weighted by Crippen LogP contribution is 2.42. The Balaban J connectivity index is 1.40. The smallest absolute Gasteiger partial charge is 0.269 e. The van der Waals surface area contributed by atoms with E-state index in [1.165, 1.54) is 0 Å². The summed E-state index contributed by atoms with van der Waals surface area (Å²) >= 11 is 0. The number of carbonyl (C=O) groups is 2. The molecule has 2 aliphatic rings. The molecule has 7 heteroatoms. The fraction of sp³-hybridized carbons (Fsp3) is 0.421. The number of likely N-dealkylation sites (tertiary alicyclic amines) is 1. The Bertz CT molecular complexity index is 828. The minimum atomic E-state index is -0.258. The van der Waals surface area contributed by atoms with Crippen LogP contribution in [0.5, 0.6) is 5.75 Å². The Labute approximate surface area is 151 Å². The van der Waals surface area contributed by atoms with Gasteiger partial charge in [0.2, 0.25) is 0 Å². The molecule has 1 N–H and O–H groups in total. The fourth-order valence-electron chi connectivity index (χ4n) is 3.27. The molecule has 0 bridgehead atoms. The SMILES string of the molecule is CNC(=O)c1cc(OC2CCN(C(=O)c3ccoc3C3CC3)C2)ccn1. The molecule has 1 saturated heterocycles. The fourth-order valence-corrected chi connectivity index (χ4v) is 3.27. The second-order valence-corrected chi connectivity index (χ2v) is 6.71. The first-order valence-corrected chi connectivity index (χ1v) is 8.87. The Kier molecular flexibility index (Phi) is 4.36. The lowest BCUT2D eigenvalue weighted by atomic mass is 10.1. The summed E-state index contributed by atoms with van der Waals surface area (Å²) in [6, 6.07) is 5.10. The molecule has 136 valence electrons. The Hall–Kier alpha value is -2.83. The van der Waals surface area contributed by atoms with Crippen molar-refractivity contribution in [3.63, 3.8) is 0 Å². The lowest BCUT2D eigenvalue weighted by Crippen LogP contribution is -2.31. The summed E-state index contributed by atoms with van der Waals surface area (Å²) in [6.07, 6.45) is 5.98. The van der Waals surface area contributed by atoms with Gasteiger partial charge in [-0.15, -0.1) is 0 Å². The Morgan fingerprint density at radius 3 is 2.92 bits per heavy atom. The normalized spacial score (nSPS) is 19.4. The van der Waals surface area contributed by atoms with Crippen LogP contribution >= 0.6 is 0 Å². The molecule has 2 aromatic rings. The van der Waals surface area contributed by atoms with Gasteiger partial charge in [-0.05, 0) is 25.0 Å². The zero-order valence-electron chi connectivity index (χ0n) is 14.6. The van der Waals surface area contributed by atoms with E-state index in [4.69, 9.17) is 9.15 Å². The van der Waals surface area contributed by atoms with Crippen molar-refractivity contribution < 1.29 is 18.7 Å². The molecule has 0 spiro atoms. The van der Waals surface area contributed by atoms with Crippen LogP contribution < -0.4 is 10.1 Å². The monoisotopic (exact) mass is 355 g/mol. The second kappa shape index (κ2) is 6.82. The number of rotatable bonds is 5. The summed E-state index contributed by atoms with van der Waals surface area (Å²) in [7, 11) is 1.56. The Morgan fingerprint density at radius 2 is 2.15 bits per heavy atom. The summed E-state index contributed by atoms with van der Waals surface area (Å²) in [5, 5.41) is 2.54. The number of nitrogens with zero attached hydrogens (tertiary/aromatic N) is 2. The van der Waals surface area contributed by atoms with Crippen LogP contribution in [0.15, 0.2) is 35.1 Å². The lowest BCUT2D eigenvalue weighted by molar-refractivity contribution is 0.0770. The van der Waals surface area contributed by atoms with E-state index in [-0.39, 0.29) is 17.9 Å². The van der Waals surface area contributed by atoms with Gasteiger partial charge in [0.25, 0.3) is 11.8 Å². The maximum atomic E-state index is 12.8. The van der Waals surface area contributed by atoms with E-state index in [1.807, 2.05) is 4.90 Å². The van der Waals surface area contributed by atoms with E-state index in [0.29, 0.717) is 36.0 Å². The number of pyridine rings is 1. The minimum Gasteiger partial charge on any atom is -0.488 e. The number of aromatic nitrogens is 1. The maximum Gasteiger partial charge on any atom is 0.269 e. The first-order chi connectivity index (χ1) is 12.7. The molecule has 1 aliphatic carbocycles. The van der Waals surface area contributed by atoms with Crippen LogP contribution in [0.4, 0.5) is 0 Å². The third-order valence-corrected chi connectivity index (χ3v) is 4.80. The van der Waals surface area contributed by atoms with Gasteiger partial charge in [-0.1, -0.05) is 0 Å². The molecule has 1 aliphatic heterocycles. The van der Waals surface area contributed by atoms with Gasteiger partial charge in [0.1, 0.15) is 23.3 Å². The second-order valence-electron chi connectivity index (χ2n) is 6.71. The summed E-state index contributed by atoms with van der Waals surface area (Å²) in [4.78, 5) is 30.3. The van der Waals surface area contributed by atoms with Gasteiger partial charge in [-0.3, -0.25) is 14.6 Å². The van der Waals surface area contributed by atoms with Crippen molar-refractivity contribution in [3.05, 3.63) is 47.7 Å². The number of carbonyl (C=O) groups excluding carboxylic acids is 2. The quantitative estimate of drug-likeness (QED) is 0.889.